The van der Waals surface area contributed by atoms with Crippen LogP contribution in [0.4, 0.5) is 11.4 Å². The molecule has 0 atom stereocenters. The third-order valence-electron chi connectivity index (χ3n) is 3.27. The zero-order valence-electron chi connectivity index (χ0n) is 11.1. The van der Waals surface area contributed by atoms with E-state index < -0.39 is 16.2 Å². The Bertz CT molecular complexity index is 577. The van der Waals surface area contributed by atoms with Gasteiger partial charge in [0.05, 0.1) is 21.7 Å². The fourth-order valence-corrected chi connectivity index (χ4v) is 1.96. The fourth-order valence-electron chi connectivity index (χ4n) is 1.74. The normalized spacial score (nSPS) is 10.7. The highest BCUT2D eigenvalue weighted by molar-refractivity contribution is 6.34. The summed E-state index contributed by atoms with van der Waals surface area (Å²) in [4.78, 5) is 22.2. The highest BCUT2D eigenvalue weighted by atomic mass is 35.5. The van der Waals surface area contributed by atoms with Gasteiger partial charge in [0.25, 0.3) is 5.69 Å². The number of halogens is 1. The second-order valence-electron chi connectivity index (χ2n) is 4.28. The number of rotatable bonds is 5. The van der Waals surface area contributed by atoms with Gasteiger partial charge in [0.1, 0.15) is 5.41 Å². The highest BCUT2D eigenvalue weighted by Gasteiger charge is 2.35. The van der Waals surface area contributed by atoms with Gasteiger partial charge in [-0.15, -0.1) is 0 Å². The van der Waals surface area contributed by atoms with E-state index in [1.54, 1.807) is 13.8 Å². The van der Waals surface area contributed by atoms with E-state index >= 15 is 0 Å². The molecule has 0 aliphatic carbocycles. The molecule has 0 aliphatic heterocycles. The fraction of sp³-hybridized carbons (Fsp3) is 0.385. The second-order valence-corrected chi connectivity index (χ2v) is 4.68. The van der Waals surface area contributed by atoms with Crippen molar-refractivity contribution in [3.05, 3.63) is 33.3 Å². The van der Waals surface area contributed by atoms with Crippen molar-refractivity contribution in [3.63, 3.8) is 0 Å². The maximum absolute atomic E-state index is 12.2. The molecule has 1 aromatic carbocycles. The number of anilines is 1. The summed E-state index contributed by atoms with van der Waals surface area (Å²) in [5.41, 5.74) is -1.03. The lowest BCUT2D eigenvalue weighted by Gasteiger charge is -2.22. The van der Waals surface area contributed by atoms with Gasteiger partial charge in [-0.3, -0.25) is 14.9 Å². The van der Waals surface area contributed by atoms with E-state index in [1.165, 1.54) is 12.1 Å². The quantitative estimate of drug-likeness (QED) is 0.664. The van der Waals surface area contributed by atoms with Crippen molar-refractivity contribution in [1.29, 1.82) is 5.26 Å². The van der Waals surface area contributed by atoms with Crippen molar-refractivity contribution in [2.75, 3.05) is 5.32 Å². The topological polar surface area (TPSA) is 96.0 Å². The smallest absolute Gasteiger partial charge is 0.271 e. The van der Waals surface area contributed by atoms with Crippen LogP contribution < -0.4 is 5.32 Å². The summed E-state index contributed by atoms with van der Waals surface area (Å²) in [5.74, 6) is -0.458. The Kier molecular flexibility index (Phi) is 5.06. The predicted molar refractivity (Wildman–Crippen MR) is 75.4 cm³/mol. The van der Waals surface area contributed by atoms with Crippen molar-refractivity contribution in [3.8, 4) is 6.07 Å². The third-order valence-corrected chi connectivity index (χ3v) is 3.58. The van der Waals surface area contributed by atoms with Crippen LogP contribution in [0.25, 0.3) is 0 Å². The molecule has 0 unspecified atom stereocenters. The summed E-state index contributed by atoms with van der Waals surface area (Å²) < 4.78 is 0. The zero-order valence-corrected chi connectivity index (χ0v) is 11.9. The second kappa shape index (κ2) is 6.35. The number of nitriles is 1. The lowest BCUT2D eigenvalue weighted by Crippen LogP contribution is -2.34. The first-order valence-corrected chi connectivity index (χ1v) is 6.44. The summed E-state index contributed by atoms with van der Waals surface area (Å²) in [5, 5.41) is 22.4. The van der Waals surface area contributed by atoms with Crippen molar-refractivity contribution in [2.24, 2.45) is 5.41 Å². The SMILES string of the molecule is CCC(C#N)(CC)C(=O)Nc1ccc([N+](=O)[O-])cc1Cl. The average molecular weight is 296 g/mol. The number of nitrogens with zero attached hydrogens (tertiary/aromatic N) is 2. The van der Waals surface area contributed by atoms with E-state index in [0.29, 0.717) is 12.8 Å². The molecule has 6 nitrogen and oxygen atoms in total. The summed E-state index contributed by atoms with van der Waals surface area (Å²) >= 11 is 5.90. The van der Waals surface area contributed by atoms with Gasteiger partial charge in [-0.05, 0) is 18.9 Å². The molecule has 0 bridgehead atoms. The molecule has 1 N–H and O–H groups in total. The molecule has 0 fully saturated rings. The molecule has 7 heteroatoms. The van der Waals surface area contributed by atoms with Crippen LogP contribution in [0, 0.1) is 26.9 Å². The number of non-ortho nitro benzene ring substituents is 1. The van der Waals surface area contributed by atoms with Gasteiger partial charge >= 0.3 is 0 Å². The number of carbonyl (C=O) groups is 1. The van der Waals surface area contributed by atoms with E-state index in [1.807, 2.05) is 6.07 Å². The van der Waals surface area contributed by atoms with Gasteiger partial charge in [0, 0.05) is 12.1 Å². The van der Waals surface area contributed by atoms with Crippen LogP contribution in [0.5, 0.6) is 0 Å². The molecule has 1 rings (SSSR count). The van der Waals surface area contributed by atoms with E-state index in [-0.39, 0.29) is 16.4 Å². The molecular formula is C13H14ClN3O3. The number of hydrogen-bond donors (Lipinski definition) is 1. The predicted octanol–water partition coefficient (Wildman–Crippen LogP) is 3.52. The van der Waals surface area contributed by atoms with Gasteiger partial charge < -0.3 is 5.32 Å². The number of amides is 1. The largest absolute Gasteiger partial charge is 0.323 e. The van der Waals surface area contributed by atoms with Crippen LogP contribution in [0.1, 0.15) is 26.7 Å². The minimum Gasteiger partial charge on any atom is -0.323 e. The van der Waals surface area contributed by atoms with E-state index in [2.05, 4.69) is 5.32 Å². The Hall–Kier alpha value is -2.13. The van der Waals surface area contributed by atoms with Crippen molar-refractivity contribution in [1.82, 2.24) is 0 Å². The monoisotopic (exact) mass is 295 g/mol. The summed E-state index contributed by atoms with van der Waals surface area (Å²) in [6.45, 7) is 3.51. The molecule has 0 aliphatic rings. The summed E-state index contributed by atoms with van der Waals surface area (Å²) in [6, 6.07) is 5.77. The first-order chi connectivity index (χ1) is 9.40. The Morgan fingerprint density at radius 1 is 1.50 bits per heavy atom. The molecule has 106 valence electrons. The Morgan fingerprint density at radius 3 is 2.50 bits per heavy atom. The molecule has 20 heavy (non-hydrogen) atoms. The number of carbonyl (C=O) groups excluding carboxylic acids is 1. The van der Waals surface area contributed by atoms with Crippen molar-refractivity contribution < 1.29 is 9.72 Å². The molecule has 0 saturated heterocycles. The number of nitrogens with one attached hydrogen (secondary N) is 1. The Morgan fingerprint density at radius 2 is 2.10 bits per heavy atom. The van der Waals surface area contributed by atoms with Crippen LogP contribution in [0.3, 0.4) is 0 Å². The highest BCUT2D eigenvalue weighted by Crippen LogP contribution is 2.31. The Labute approximate surface area is 121 Å². The first kappa shape index (κ1) is 15.9. The molecule has 0 radical (unpaired) electrons. The molecule has 1 amide bonds. The molecule has 0 saturated carbocycles. The number of hydrogen-bond acceptors (Lipinski definition) is 4. The number of nitro groups is 1. The molecular weight excluding hydrogens is 282 g/mol. The Balaban J connectivity index is 3.03. The van der Waals surface area contributed by atoms with Crippen LogP contribution in [0.15, 0.2) is 18.2 Å². The molecule has 0 heterocycles. The van der Waals surface area contributed by atoms with Crippen LogP contribution in [0.2, 0.25) is 5.02 Å². The van der Waals surface area contributed by atoms with Gasteiger partial charge in [0.2, 0.25) is 5.91 Å². The van der Waals surface area contributed by atoms with Gasteiger partial charge in [-0.25, -0.2) is 0 Å². The summed E-state index contributed by atoms with van der Waals surface area (Å²) in [7, 11) is 0. The molecule has 1 aromatic rings. The minimum atomic E-state index is -1.12. The standard InChI is InChI=1S/C13H14ClN3O3/c1-3-13(4-2,8-15)12(18)16-11-6-5-9(17(19)20)7-10(11)14/h5-7H,3-4H2,1-2H3,(H,16,18). The minimum absolute atomic E-state index is 0.0617. The van der Waals surface area contributed by atoms with Crippen LogP contribution in [-0.2, 0) is 4.79 Å². The van der Waals surface area contributed by atoms with Crippen molar-refractivity contribution >= 4 is 28.9 Å². The van der Waals surface area contributed by atoms with E-state index in [9.17, 15) is 20.2 Å². The first-order valence-electron chi connectivity index (χ1n) is 6.06. The van der Waals surface area contributed by atoms with Crippen molar-refractivity contribution in [2.45, 2.75) is 26.7 Å². The maximum atomic E-state index is 12.2. The average Bonchev–Trinajstić information content (AvgIpc) is 2.43. The number of nitro benzene ring substituents is 1. The maximum Gasteiger partial charge on any atom is 0.271 e. The lowest BCUT2D eigenvalue weighted by molar-refractivity contribution is -0.384. The lowest BCUT2D eigenvalue weighted by atomic mass is 9.83. The third kappa shape index (κ3) is 3.06. The summed E-state index contributed by atoms with van der Waals surface area (Å²) in [6.07, 6.45) is 0.743. The zero-order chi connectivity index (χ0) is 15.3. The van der Waals surface area contributed by atoms with Gasteiger partial charge in [0.15, 0.2) is 0 Å². The van der Waals surface area contributed by atoms with E-state index in [4.69, 9.17) is 11.6 Å². The molecule has 0 spiro atoms. The number of benzene rings is 1. The van der Waals surface area contributed by atoms with Gasteiger partial charge in [-0.2, -0.15) is 5.26 Å². The van der Waals surface area contributed by atoms with Crippen LogP contribution >= 0.6 is 11.6 Å². The van der Waals surface area contributed by atoms with Gasteiger partial charge in [-0.1, -0.05) is 25.4 Å². The van der Waals surface area contributed by atoms with Crippen LogP contribution in [-0.4, -0.2) is 10.8 Å². The molecule has 0 aromatic heterocycles. The van der Waals surface area contributed by atoms with E-state index in [0.717, 1.165) is 6.07 Å².